The Morgan fingerprint density at radius 1 is 1.18 bits per heavy atom. The van der Waals surface area contributed by atoms with Crippen molar-refractivity contribution in [1.29, 1.82) is 0 Å². The molecule has 0 aliphatic carbocycles. The number of halogens is 1. The zero-order valence-electron chi connectivity index (χ0n) is 21.5. The summed E-state index contributed by atoms with van der Waals surface area (Å²) in [6.45, 7) is 5.27. The Morgan fingerprint density at radius 2 is 2.00 bits per heavy atom. The van der Waals surface area contributed by atoms with Crippen LogP contribution in [0.25, 0.3) is 0 Å². The van der Waals surface area contributed by atoms with Gasteiger partial charge in [0.05, 0.1) is 6.04 Å². The first kappa shape index (κ1) is 26.0. The second kappa shape index (κ2) is 11.4. The van der Waals surface area contributed by atoms with Gasteiger partial charge in [-0.3, -0.25) is 9.59 Å². The van der Waals surface area contributed by atoms with Crippen molar-refractivity contribution in [2.75, 3.05) is 33.0 Å². The van der Waals surface area contributed by atoms with E-state index >= 15 is 0 Å². The molecule has 2 aliphatic heterocycles. The van der Waals surface area contributed by atoms with Crippen LogP contribution in [0.1, 0.15) is 47.1 Å². The Hall–Kier alpha value is -3.59. The molecule has 2 unspecified atom stereocenters. The van der Waals surface area contributed by atoms with Crippen LogP contribution in [-0.4, -0.2) is 54.6 Å². The third-order valence-electron chi connectivity index (χ3n) is 7.11. The Morgan fingerprint density at radius 3 is 2.82 bits per heavy atom. The van der Waals surface area contributed by atoms with Crippen molar-refractivity contribution in [3.05, 3.63) is 75.7 Å². The first-order chi connectivity index (χ1) is 18.4. The molecular formula is C29H31FN2O5S. The monoisotopic (exact) mass is 538 g/mol. The highest BCUT2D eigenvalue weighted by Crippen LogP contribution is 2.35. The molecule has 0 saturated carbocycles. The quantitative estimate of drug-likeness (QED) is 0.370. The number of fused-ring (bicyclic) bond motifs is 2. The van der Waals surface area contributed by atoms with Gasteiger partial charge in [0.1, 0.15) is 13.2 Å². The van der Waals surface area contributed by atoms with Gasteiger partial charge in [0.25, 0.3) is 5.91 Å². The minimum Gasteiger partial charge on any atom is -0.488 e. The Balaban J connectivity index is 1.36. The fourth-order valence-electron chi connectivity index (χ4n) is 4.80. The second-order valence-electron chi connectivity index (χ2n) is 9.66. The fraction of sp³-hybridized carbons (Fsp3) is 0.379. The number of thiophene rings is 1. The van der Waals surface area contributed by atoms with E-state index < -0.39 is 5.82 Å². The smallest absolute Gasteiger partial charge is 0.254 e. The highest BCUT2D eigenvalue weighted by atomic mass is 32.1. The summed E-state index contributed by atoms with van der Waals surface area (Å²) < 4.78 is 30.9. The third-order valence-corrected chi connectivity index (χ3v) is 8.11. The predicted molar refractivity (Wildman–Crippen MR) is 142 cm³/mol. The normalized spacial score (nSPS) is 16.6. The first-order valence-corrected chi connectivity index (χ1v) is 13.7. The van der Waals surface area contributed by atoms with E-state index in [2.05, 4.69) is 13.8 Å². The number of benzene rings is 2. The third kappa shape index (κ3) is 5.48. The van der Waals surface area contributed by atoms with Gasteiger partial charge in [0.15, 0.2) is 23.1 Å². The topological polar surface area (TPSA) is 68.3 Å². The van der Waals surface area contributed by atoms with E-state index in [0.717, 1.165) is 18.4 Å². The first-order valence-electron chi connectivity index (χ1n) is 12.9. The maximum Gasteiger partial charge on any atom is 0.254 e. The molecule has 3 aromatic rings. The predicted octanol–water partition coefficient (Wildman–Crippen LogP) is 5.31. The average Bonchev–Trinajstić information content (AvgIpc) is 3.60. The van der Waals surface area contributed by atoms with Gasteiger partial charge < -0.3 is 24.0 Å². The van der Waals surface area contributed by atoms with Crippen molar-refractivity contribution in [2.45, 2.75) is 32.7 Å². The second-order valence-corrected chi connectivity index (χ2v) is 10.7. The van der Waals surface area contributed by atoms with E-state index in [1.165, 1.54) is 10.9 Å². The van der Waals surface area contributed by atoms with Gasteiger partial charge in [0, 0.05) is 23.5 Å². The minimum atomic E-state index is -0.444. The molecule has 0 saturated heterocycles. The summed E-state index contributed by atoms with van der Waals surface area (Å²) in [5, 5.41) is 2.01. The Labute approximate surface area is 225 Å². The molecular weight excluding hydrogens is 507 g/mol. The SMILES string of the molecule is CCC(C)CN(CC(=O)N1CCc2sccc2C1COc1ccccc1F)C(=O)c1ccc2c(c1)OCO2. The fourth-order valence-corrected chi connectivity index (χ4v) is 5.72. The zero-order chi connectivity index (χ0) is 26.6. The molecule has 9 heteroatoms. The lowest BCUT2D eigenvalue weighted by atomic mass is 10.00. The molecule has 0 fully saturated rings. The summed E-state index contributed by atoms with van der Waals surface area (Å²) in [5.41, 5.74) is 1.46. The molecule has 2 amide bonds. The van der Waals surface area contributed by atoms with Crippen LogP contribution >= 0.6 is 11.3 Å². The molecule has 3 heterocycles. The van der Waals surface area contributed by atoms with E-state index in [1.54, 1.807) is 57.5 Å². The molecule has 2 atom stereocenters. The lowest BCUT2D eigenvalue weighted by Gasteiger charge is -2.37. The molecule has 1 aromatic heterocycles. The van der Waals surface area contributed by atoms with Crippen LogP contribution in [-0.2, 0) is 11.2 Å². The number of para-hydroxylation sites is 1. The average molecular weight is 539 g/mol. The van der Waals surface area contributed by atoms with Gasteiger partial charge in [0.2, 0.25) is 12.7 Å². The summed E-state index contributed by atoms with van der Waals surface area (Å²) in [4.78, 5) is 32.0. The van der Waals surface area contributed by atoms with Gasteiger partial charge in [-0.25, -0.2) is 4.39 Å². The highest BCUT2D eigenvalue weighted by Gasteiger charge is 2.34. The van der Waals surface area contributed by atoms with Crippen LogP contribution in [0.15, 0.2) is 53.9 Å². The van der Waals surface area contributed by atoms with Crippen LogP contribution in [0.5, 0.6) is 17.2 Å². The summed E-state index contributed by atoms with van der Waals surface area (Å²) in [7, 11) is 0. The molecule has 2 aromatic carbocycles. The number of ether oxygens (including phenoxy) is 3. The number of hydrogen-bond acceptors (Lipinski definition) is 6. The molecule has 2 aliphatic rings. The van der Waals surface area contributed by atoms with Gasteiger partial charge >= 0.3 is 0 Å². The van der Waals surface area contributed by atoms with Crippen LogP contribution in [0.2, 0.25) is 0 Å². The van der Waals surface area contributed by atoms with E-state index in [9.17, 15) is 14.0 Å². The van der Waals surface area contributed by atoms with Crippen molar-refractivity contribution in [3.63, 3.8) is 0 Å². The Bertz CT molecular complexity index is 1310. The van der Waals surface area contributed by atoms with Gasteiger partial charge in [-0.05, 0) is 59.7 Å². The van der Waals surface area contributed by atoms with Crippen molar-refractivity contribution in [3.8, 4) is 17.2 Å². The minimum absolute atomic E-state index is 0.0622. The van der Waals surface area contributed by atoms with E-state index in [1.807, 2.05) is 11.4 Å². The molecule has 38 heavy (non-hydrogen) atoms. The van der Waals surface area contributed by atoms with Crippen molar-refractivity contribution in [1.82, 2.24) is 9.80 Å². The number of nitrogens with zero attached hydrogens (tertiary/aromatic N) is 2. The van der Waals surface area contributed by atoms with Crippen molar-refractivity contribution in [2.24, 2.45) is 5.92 Å². The highest BCUT2D eigenvalue weighted by molar-refractivity contribution is 7.10. The lowest BCUT2D eigenvalue weighted by Crippen LogP contribution is -2.48. The molecule has 0 spiro atoms. The number of amides is 2. The number of carbonyl (C=O) groups excluding carboxylic acids is 2. The summed E-state index contributed by atoms with van der Waals surface area (Å²) in [6.07, 6.45) is 1.61. The summed E-state index contributed by atoms with van der Waals surface area (Å²) in [6, 6.07) is 13.0. The van der Waals surface area contributed by atoms with Crippen LogP contribution < -0.4 is 14.2 Å². The molecule has 0 radical (unpaired) electrons. The van der Waals surface area contributed by atoms with Gasteiger partial charge in [-0.15, -0.1) is 11.3 Å². The number of carbonyl (C=O) groups is 2. The van der Waals surface area contributed by atoms with Crippen LogP contribution in [0, 0.1) is 11.7 Å². The van der Waals surface area contributed by atoms with Crippen molar-refractivity contribution < 1.29 is 28.2 Å². The zero-order valence-corrected chi connectivity index (χ0v) is 22.3. The van der Waals surface area contributed by atoms with E-state index in [0.29, 0.717) is 30.2 Å². The summed E-state index contributed by atoms with van der Waals surface area (Å²) >= 11 is 1.65. The molecule has 200 valence electrons. The van der Waals surface area contributed by atoms with Crippen LogP contribution in [0.3, 0.4) is 0 Å². The lowest BCUT2D eigenvalue weighted by molar-refractivity contribution is -0.135. The maximum atomic E-state index is 14.2. The number of hydrogen-bond donors (Lipinski definition) is 0. The largest absolute Gasteiger partial charge is 0.488 e. The molecule has 5 rings (SSSR count). The standard InChI is InChI=1S/C29H31FN2O5S/c1-3-19(2)15-31(29(34)20-8-9-25-26(14-20)37-18-36-25)16-28(33)32-12-10-27-21(11-13-38-27)23(32)17-35-24-7-5-4-6-22(24)30/h4-9,11,13-14,19,23H,3,10,12,15-18H2,1-2H3. The van der Waals surface area contributed by atoms with Gasteiger partial charge in [-0.1, -0.05) is 32.4 Å². The van der Waals surface area contributed by atoms with Crippen LogP contribution in [0.4, 0.5) is 4.39 Å². The molecule has 0 bridgehead atoms. The van der Waals surface area contributed by atoms with E-state index in [4.69, 9.17) is 14.2 Å². The summed E-state index contributed by atoms with van der Waals surface area (Å²) in [5.74, 6) is 0.650. The molecule has 7 nitrogen and oxygen atoms in total. The number of rotatable bonds is 9. The van der Waals surface area contributed by atoms with Crippen molar-refractivity contribution >= 4 is 23.2 Å². The van der Waals surface area contributed by atoms with E-state index in [-0.39, 0.29) is 49.5 Å². The Kier molecular flexibility index (Phi) is 7.83. The molecule has 0 N–H and O–H groups in total. The maximum absolute atomic E-state index is 14.2. The van der Waals surface area contributed by atoms with Gasteiger partial charge in [-0.2, -0.15) is 0 Å².